The van der Waals surface area contributed by atoms with Crippen molar-refractivity contribution in [2.75, 3.05) is 14.2 Å². The SMILES string of the molecule is COc1ccc([C@@H](C)NC(=O)[C@@H](Cc2ccccc2)NS(=O)(=O)c2ccc(C)cc2)cc1OC. The van der Waals surface area contributed by atoms with Crippen molar-refractivity contribution in [3.05, 3.63) is 89.5 Å². The van der Waals surface area contributed by atoms with Gasteiger partial charge in [-0.15, -0.1) is 0 Å². The van der Waals surface area contributed by atoms with Crippen LogP contribution in [0.1, 0.15) is 29.7 Å². The molecule has 0 heterocycles. The summed E-state index contributed by atoms with van der Waals surface area (Å²) in [4.78, 5) is 13.4. The van der Waals surface area contributed by atoms with Crippen molar-refractivity contribution in [1.82, 2.24) is 10.0 Å². The van der Waals surface area contributed by atoms with Crippen molar-refractivity contribution < 1.29 is 22.7 Å². The third-order valence-electron chi connectivity index (χ3n) is 5.49. The van der Waals surface area contributed by atoms with Crippen LogP contribution in [-0.2, 0) is 21.2 Å². The molecule has 2 N–H and O–H groups in total. The molecule has 7 nitrogen and oxygen atoms in total. The molecule has 0 bridgehead atoms. The van der Waals surface area contributed by atoms with Crippen LogP contribution in [0.15, 0.2) is 77.7 Å². The number of nitrogens with one attached hydrogen (secondary N) is 2. The minimum atomic E-state index is -3.91. The highest BCUT2D eigenvalue weighted by Crippen LogP contribution is 2.30. The second kappa shape index (κ2) is 11.2. The van der Waals surface area contributed by atoms with Gasteiger partial charge >= 0.3 is 0 Å². The number of carbonyl (C=O) groups is 1. The zero-order valence-corrected chi connectivity index (χ0v) is 20.6. The average molecular weight is 483 g/mol. The lowest BCUT2D eigenvalue weighted by atomic mass is 10.0. The Kier molecular flexibility index (Phi) is 8.31. The molecule has 3 aromatic carbocycles. The number of hydrogen-bond acceptors (Lipinski definition) is 5. The van der Waals surface area contributed by atoms with Gasteiger partial charge in [-0.1, -0.05) is 54.1 Å². The van der Waals surface area contributed by atoms with Crippen molar-refractivity contribution in [3.63, 3.8) is 0 Å². The van der Waals surface area contributed by atoms with E-state index in [0.717, 1.165) is 16.7 Å². The van der Waals surface area contributed by atoms with E-state index < -0.39 is 28.0 Å². The van der Waals surface area contributed by atoms with E-state index in [2.05, 4.69) is 10.0 Å². The van der Waals surface area contributed by atoms with Gasteiger partial charge in [-0.3, -0.25) is 4.79 Å². The molecule has 0 aliphatic carbocycles. The minimum absolute atomic E-state index is 0.108. The second-order valence-electron chi connectivity index (χ2n) is 8.02. The van der Waals surface area contributed by atoms with Crippen molar-refractivity contribution in [2.24, 2.45) is 0 Å². The number of benzene rings is 3. The van der Waals surface area contributed by atoms with E-state index in [4.69, 9.17) is 9.47 Å². The van der Waals surface area contributed by atoms with E-state index in [1.165, 1.54) is 12.1 Å². The van der Waals surface area contributed by atoms with E-state index in [-0.39, 0.29) is 11.3 Å². The maximum Gasteiger partial charge on any atom is 0.241 e. The molecular formula is C26H30N2O5S. The highest BCUT2D eigenvalue weighted by atomic mass is 32.2. The molecule has 0 radical (unpaired) electrons. The van der Waals surface area contributed by atoms with Crippen LogP contribution in [0, 0.1) is 6.92 Å². The molecule has 8 heteroatoms. The van der Waals surface area contributed by atoms with Gasteiger partial charge in [-0.25, -0.2) is 8.42 Å². The van der Waals surface area contributed by atoms with Gasteiger partial charge in [-0.2, -0.15) is 4.72 Å². The first-order chi connectivity index (χ1) is 16.2. The molecule has 3 aromatic rings. The highest BCUT2D eigenvalue weighted by Gasteiger charge is 2.27. The monoisotopic (exact) mass is 482 g/mol. The predicted molar refractivity (Wildman–Crippen MR) is 132 cm³/mol. The molecule has 0 saturated carbocycles. The Bertz CT molecular complexity index is 1210. The van der Waals surface area contributed by atoms with Gasteiger partial charge in [0.2, 0.25) is 15.9 Å². The molecule has 0 fully saturated rings. The highest BCUT2D eigenvalue weighted by molar-refractivity contribution is 7.89. The van der Waals surface area contributed by atoms with E-state index in [0.29, 0.717) is 11.5 Å². The number of hydrogen-bond donors (Lipinski definition) is 2. The molecule has 0 aromatic heterocycles. The zero-order valence-electron chi connectivity index (χ0n) is 19.7. The largest absolute Gasteiger partial charge is 0.493 e. The Labute approximate surface area is 201 Å². The van der Waals surface area contributed by atoms with E-state index in [1.54, 1.807) is 38.5 Å². The number of methoxy groups -OCH3 is 2. The maximum absolute atomic E-state index is 13.3. The molecule has 0 aliphatic rings. The summed E-state index contributed by atoms with van der Waals surface area (Å²) in [5, 5.41) is 2.93. The van der Waals surface area contributed by atoms with Crippen molar-refractivity contribution in [3.8, 4) is 11.5 Å². The van der Waals surface area contributed by atoms with Crippen molar-refractivity contribution in [2.45, 2.75) is 37.2 Å². The fraction of sp³-hybridized carbons (Fsp3) is 0.269. The number of sulfonamides is 1. The molecule has 1 amide bonds. The molecule has 0 aliphatic heterocycles. The van der Waals surface area contributed by atoms with Crippen LogP contribution in [0.3, 0.4) is 0 Å². The van der Waals surface area contributed by atoms with Gasteiger partial charge in [0.15, 0.2) is 11.5 Å². The van der Waals surface area contributed by atoms with Crippen molar-refractivity contribution in [1.29, 1.82) is 0 Å². The number of rotatable bonds is 10. The summed E-state index contributed by atoms with van der Waals surface area (Å²) in [6.07, 6.45) is 0.205. The maximum atomic E-state index is 13.3. The third kappa shape index (κ3) is 6.36. The third-order valence-corrected chi connectivity index (χ3v) is 6.98. The van der Waals surface area contributed by atoms with Crippen LogP contribution in [0.5, 0.6) is 11.5 Å². The Hall–Kier alpha value is -3.36. The smallest absolute Gasteiger partial charge is 0.241 e. The summed E-state index contributed by atoms with van der Waals surface area (Å²) in [6, 6.07) is 19.8. The van der Waals surface area contributed by atoms with E-state index in [1.807, 2.05) is 50.2 Å². The van der Waals surface area contributed by atoms with Gasteiger partial charge in [-0.05, 0) is 55.7 Å². The normalized spacial score (nSPS) is 13.1. The summed E-state index contributed by atoms with van der Waals surface area (Å²) in [6.45, 7) is 3.71. The predicted octanol–water partition coefficient (Wildman–Crippen LogP) is 3.78. The lowest BCUT2D eigenvalue weighted by molar-refractivity contribution is -0.123. The van der Waals surface area contributed by atoms with Gasteiger partial charge in [0.25, 0.3) is 0 Å². The van der Waals surface area contributed by atoms with Crippen LogP contribution < -0.4 is 19.5 Å². The quantitative estimate of drug-likeness (QED) is 0.459. The number of amides is 1. The van der Waals surface area contributed by atoms with Gasteiger partial charge in [0, 0.05) is 0 Å². The molecule has 2 atom stereocenters. The molecule has 34 heavy (non-hydrogen) atoms. The Balaban J connectivity index is 1.83. The van der Waals surface area contributed by atoms with Gasteiger partial charge in [0.1, 0.15) is 6.04 Å². The molecule has 180 valence electrons. The summed E-state index contributed by atoms with van der Waals surface area (Å²) in [7, 11) is -0.814. The number of aryl methyl sites for hydroxylation is 1. The lowest BCUT2D eigenvalue weighted by Gasteiger charge is -2.22. The Morgan fingerprint density at radius 1 is 0.912 bits per heavy atom. The average Bonchev–Trinajstić information content (AvgIpc) is 2.83. The molecule has 3 rings (SSSR count). The first kappa shape index (κ1) is 25.3. The van der Waals surface area contributed by atoms with Crippen LogP contribution in [0.25, 0.3) is 0 Å². The summed E-state index contributed by atoms with van der Waals surface area (Å²) >= 11 is 0. The standard InChI is InChI=1S/C26H30N2O5S/c1-18-10-13-22(14-11-18)34(30,31)28-23(16-20-8-6-5-7-9-20)26(29)27-19(2)21-12-15-24(32-3)25(17-21)33-4/h5-15,17,19,23,28H,16H2,1-4H3,(H,27,29)/t19-,23-/m1/s1. The molecule has 0 spiro atoms. The zero-order chi connectivity index (χ0) is 24.7. The Morgan fingerprint density at radius 2 is 1.56 bits per heavy atom. The topological polar surface area (TPSA) is 93.7 Å². The summed E-state index contributed by atoms with van der Waals surface area (Å²) in [5.41, 5.74) is 2.58. The fourth-order valence-electron chi connectivity index (χ4n) is 3.53. The van der Waals surface area contributed by atoms with Gasteiger partial charge in [0.05, 0.1) is 25.2 Å². The van der Waals surface area contributed by atoms with Crippen molar-refractivity contribution >= 4 is 15.9 Å². The first-order valence-corrected chi connectivity index (χ1v) is 12.4. The fourth-order valence-corrected chi connectivity index (χ4v) is 4.73. The molecular weight excluding hydrogens is 452 g/mol. The molecule has 0 saturated heterocycles. The number of carbonyl (C=O) groups excluding carboxylic acids is 1. The van der Waals surface area contributed by atoms with Crippen LogP contribution in [0.2, 0.25) is 0 Å². The Morgan fingerprint density at radius 3 is 2.18 bits per heavy atom. The first-order valence-electron chi connectivity index (χ1n) is 10.9. The van der Waals surface area contributed by atoms with Crippen LogP contribution >= 0.6 is 0 Å². The van der Waals surface area contributed by atoms with E-state index in [9.17, 15) is 13.2 Å². The second-order valence-corrected chi connectivity index (χ2v) is 9.74. The van der Waals surface area contributed by atoms with Crippen LogP contribution in [-0.4, -0.2) is 34.6 Å². The molecule has 0 unspecified atom stereocenters. The van der Waals surface area contributed by atoms with Gasteiger partial charge < -0.3 is 14.8 Å². The van der Waals surface area contributed by atoms with E-state index >= 15 is 0 Å². The minimum Gasteiger partial charge on any atom is -0.493 e. The number of ether oxygens (including phenoxy) is 2. The lowest BCUT2D eigenvalue weighted by Crippen LogP contribution is -2.48. The summed E-state index contributed by atoms with van der Waals surface area (Å²) in [5.74, 6) is 0.696. The summed E-state index contributed by atoms with van der Waals surface area (Å²) < 4.78 is 39.3. The van der Waals surface area contributed by atoms with Crippen LogP contribution in [0.4, 0.5) is 0 Å².